The highest BCUT2D eigenvalue weighted by atomic mass is 32.2. The Morgan fingerprint density at radius 2 is 2.25 bits per heavy atom. The summed E-state index contributed by atoms with van der Waals surface area (Å²) in [7, 11) is -0.989. The average Bonchev–Trinajstić information content (AvgIpc) is 2.42. The predicted molar refractivity (Wildman–Crippen MR) is 81.8 cm³/mol. The van der Waals surface area contributed by atoms with Crippen molar-refractivity contribution in [2.75, 3.05) is 6.26 Å². The number of hydrazone groups is 1. The lowest BCUT2D eigenvalue weighted by atomic mass is 9.96. The molecule has 1 aromatic rings. The smallest absolute Gasteiger partial charge is 0.240 e. The Bertz CT molecular complexity index is 620. The minimum Gasteiger partial charge on any atom is -0.273 e. The first kappa shape index (κ1) is 14.7. The summed E-state index contributed by atoms with van der Waals surface area (Å²) >= 11 is 0. The third-order valence-corrected chi connectivity index (χ3v) is 4.21. The highest BCUT2D eigenvalue weighted by Crippen LogP contribution is 2.19. The van der Waals surface area contributed by atoms with E-state index >= 15 is 0 Å². The monoisotopic (exact) mass is 290 g/mol. The first-order valence-electron chi connectivity index (χ1n) is 6.46. The van der Waals surface area contributed by atoms with Crippen molar-refractivity contribution in [3.8, 4) is 0 Å². The van der Waals surface area contributed by atoms with E-state index in [1.54, 1.807) is 6.26 Å². The minimum absolute atomic E-state index is 0.0457. The summed E-state index contributed by atoms with van der Waals surface area (Å²) in [6.45, 7) is 3.97. The second-order valence-electron chi connectivity index (χ2n) is 4.99. The van der Waals surface area contributed by atoms with E-state index in [1.165, 1.54) is 0 Å². The summed E-state index contributed by atoms with van der Waals surface area (Å²) < 4.78 is 11.5. The van der Waals surface area contributed by atoms with Crippen molar-refractivity contribution in [2.45, 2.75) is 25.2 Å². The van der Waals surface area contributed by atoms with Crippen molar-refractivity contribution < 1.29 is 9.00 Å². The zero-order valence-corrected chi connectivity index (χ0v) is 12.7. The van der Waals surface area contributed by atoms with Crippen LogP contribution in [-0.4, -0.2) is 22.1 Å². The fraction of sp³-hybridized carbons (Fsp3) is 0.333. The number of hydrogen-bond acceptors (Lipinski definition) is 3. The molecular weight excluding hydrogens is 272 g/mol. The molecule has 0 fully saturated rings. The third kappa shape index (κ3) is 3.42. The van der Waals surface area contributed by atoms with E-state index in [4.69, 9.17) is 0 Å². The van der Waals surface area contributed by atoms with Crippen LogP contribution < -0.4 is 5.43 Å². The van der Waals surface area contributed by atoms with Gasteiger partial charge in [-0.25, -0.2) is 5.43 Å². The molecule has 0 radical (unpaired) electrons. The lowest BCUT2D eigenvalue weighted by Gasteiger charge is -2.17. The van der Waals surface area contributed by atoms with E-state index in [9.17, 15) is 9.00 Å². The van der Waals surface area contributed by atoms with E-state index in [0.717, 1.165) is 21.7 Å². The van der Waals surface area contributed by atoms with E-state index in [2.05, 4.69) is 10.5 Å². The molecule has 1 aliphatic heterocycles. The van der Waals surface area contributed by atoms with Crippen molar-refractivity contribution >= 4 is 28.0 Å². The van der Waals surface area contributed by atoms with Crippen molar-refractivity contribution in [1.82, 2.24) is 5.43 Å². The molecule has 1 aromatic carbocycles. The molecular formula is C15H18N2O2S. The van der Waals surface area contributed by atoms with E-state index in [0.29, 0.717) is 6.42 Å². The van der Waals surface area contributed by atoms with Crippen LogP contribution in [0.3, 0.4) is 0 Å². The SMILES string of the molecule is CC(=CC1=NNC(=O)CC1C)c1cccc(S(C)=O)c1. The molecule has 20 heavy (non-hydrogen) atoms. The third-order valence-electron chi connectivity index (χ3n) is 3.29. The van der Waals surface area contributed by atoms with Gasteiger partial charge in [-0.1, -0.05) is 19.1 Å². The largest absolute Gasteiger partial charge is 0.273 e. The molecule has 5 heteroatoms. The van der Waals surface area contributed by atoms with Gasteiger partial charge >= 0.3 is 0 Å². The number of amides is 1. The van der Waals surface area contributed by atoms with E-state index in [1.807, 2.05) is 44.2 Å². The molecule has 1 aliphatic rings. The summed E-state index contributed by atoms with van der Waals surface area (Å²) in [6, 6.07) is 7.66. The minimum atomic E-state index is -0.989. The van der Waals surface area contributed by atoms with Gasteiger partial charge in [0.15, 0.2) is 0 Å². The van der Waals surface area contributed by atoms with Gasteiger partial charge < -0.3 is 0 Å². The number of nitrogens with zero attached hydrogens (tertiary/aromatic N) is 1. The number of nitrogens with one attached hydrogen (secondary N) is 1. The van der Waals surface area contributed by atoms with Gasteiger partial charge in [0.25, 0.3) is 0 Å². The Morgan fingerprint density at radius 3 is 2.90 bits per heavy atom. The van der Waals surface area contributed by atoms with Crippen molar-refractivity contribution in [1.29, 1.82) is 0 Å². The van der Waals surface area contributed by atoms with Crippen molar-refractivity contribution in [2.24, 2.45) is 11.0 Å². The Kier molecular flexibility index (Phi) is 4.49. The number of carbonyl (C=O) groups is 1. The second kappa shape index (κ2) is 6.13. The fourth-order valence-electron chi connectivity index (χ4n) is 2.07. The Morgan fingerprint density at radius 1 is 1.50 bits per heavy atom. The van der Waals surface area contributed by atoms with Crippen LogP contribution in [0.4, 0.5) is 0 Å². The number of benzene rings is 1. The molecule has 106 valence electrons. The molecule has 0 aliphatic carbocycles. The van der Waals surface area contributed by atoms with Gasteiger partial charge in [-0.15, -0.1) is 0 Å². The number of rotatable bonds is 3. The highest BCUT2D eigenvalue weighted by molar-refractivity contribution is 7.84. The maximum absolute atomic E-state index is 11.5. The Hall–Kier alpha value is -1.75. The molecule has 4 nitrogen and oxygen atoms in total. The highest BCUT2D eigenvalue weighted by Gasteiger charge is 2.18. The molecule has 1 N–H and O–H groups in total. The molecule has 0 saturated carbocycles. The summed E-state index contributed by atoms with van der Waals surface area (Å²) in [5.74, 6) is 0.0675. The average molecular weight is 290 g/mol. The summed E-state index contributed by atoms with van der Waals surface area (Å²) in [6.07, 6.45) is 4.10. The van der Waals surface area contributed by atoms with Crippen LogP contribution in [0.15, 0.2) is 40.3 Å². The van der Waals surface area contributed by atoms with Crippen LogP contribution in [0.1, 0.15) is 25.8 Å². The molecule has 0 saturated heterocycles. The van der Waals surface area contributed by atoms with Gasteiger partial charge in [0, 0.05) is 34.3 Å². The summed E-state index contributed by atoms with van der Waals surface area (Å²) in [4.78, 5) is 12.0. The van der Waals surface area contributed by atoms with Crippen LogP contribution in [-0.2, 0) is 15.6 Å². The van der Waals surface area contributed by atoms with Crippen LogP contribution in [0, 0.1) is 5.92 Å². The first-order chi connectivity index (χ1) is 9.47. The van der Waals surface area contributed by atoms with Gasteiger partial charge in [0.2, 0.25) is 5.91 Å². The van der Waals surface area contributed by atoms with Gasteiger partial charge in [-0.2, -0.15) is 5.10 Å². The zero-order chi connectivity index (χ0) is 14.7. The fourth-order valence-corrected chi connectivity index (χ4v) is 2.63. The predicted octanol–water partition coefficient (Wildman–Crippen LogP) is 2.34. The standard InChI is InChI=1S/C15H18N2O2S/c1-10(7-14-11(2)8-15(18)17-16-14)12-5-4-6-13(9-12)20(3)19/h4-7,9,11H,8H2,1-3H3,(H,17,18). The maximum Gasteiger partial charge on any atom is 0.240 e. The number of carbonyl (C=O) groups excluding carboxylic acids is 1. The summed E-state index contributed by atoms with van der Waals surface area (Å²) in [5, 5.41) is 4.10. The van der Waals surface area contributed by atoms with Gasteiger partial charge in [-0.05, 0) is 36.3 Å². The summed E-state index contributed by atoms with van der Waals surface area (Å²) in [5.41, 5.74) is 5.43. The molecule has 2 atom stereocenters. The van der Waals surface area contributed by atoms with Gasteiger partial charge in [0.05, 0.1) is 5.71 Å². The van der Waals surface area contributed by atoms with Gasteiger partial charge in [-0.3, -0.25) is 9.00 Å². The van der Waals surface area contributed by atoms with E-state index < -0.39 is 10.8 Å². The lowest BCUT2D eigenvalue weighted by molar-refractivity contribution is -0.121. The van der Waals surface area contributed by atoms with Crippen LogP contribution >= 0.6 is 0 Å². The molecule has 2 unspecified atom stereocenters. The Balaban J connectivity index is 2.29. The molecule has 0 aromatic heterocycles. The second-order valence-corrected chi connectivity index (χ2v) is 6.37. The van der Waals surface area contributed by atoms with Crippen molar-refractivity contribution in [3.63, 3.8) is 0 Å². The van der Waals surface area contributed by atoms with Crippen molar-refractivity contribution in [3.05, 3.63) is 35.9 Å². The maximum atomic E-state index is 11.5. The number of allylic oxidation sites excluding steroid dienone is 2. The topological polar surface area (TPSA) is 58.5 Å². The van der Waals surface area contributed by atoms with Gasteiger partial charge in [0.1, 0.15) is 0 Å². The molecule has 0 spiro atoms. The zero-order valence-electron chi connectivity index (χ0n) is 11.8. The van der Waals surface area contributed by atoms with Crippen LogP contribution in [0.5, 0.6) is 0 Å². The molecule has 2 rings (SSSR count). The van der Waals surface area contributed by atoms with Crippen LogP contribution in [0.25, 0.3) is 5.57 Å². The number of hydrogen-bond donors (Lipinski definition) is 1. The lowest BCUT2D eigenvalue weighted by Crippen LogP contribution is -2.30. The first-order valence-corrected chi connectivity index (χ1v) is 8.01. The van der Waals surface area contributed by atoms with Crippen LogP contribution in [0.2, 0.25) is 0 Å². The van der Waals surface area contributed by atoms with E-state index in [-0.39, 0.29) is 11.8 Å². The molecule has 1 amide bonds. The Labute approximate surface area is 121 Å². The molecule has 1 heterocycles. The quantitative estimate of drug-likeness (QED) is 0.929. The normalized spacial score (nSPS) is 21.1. The molecule has 0 bridgehead atoms.